The first-order chi connectivity index (χ1) is 21.3. The van der Waals surface area contributed by atoms with E-state index in [0.717, 1.165) is 5.56 Å². The highest BCUT2D eigenvalue weighted by atomic mass is 35.5. The van der Waals surface area contributed by atoms with E-state index in [-0.39, 0.29) is 30.1 Å². The SMILES string of the molecule is COC(=O)c1c(-c2cc(OC)c(OC)c(OC)c2)c2cc(OC)c(OCc3ccccc3)cc2c(=O)n1-c1ccc(N)cc1.Cl. The van der Waals surface area contributed by atoms with E-state index in [1.165, 1.54) is 40.1 Å². The lowest BCUT2D eigenvalue weighted by Crippen LogP contribution is -2.27. The highest BCUT2D eigenvalue weighted by molar-refractivity contribution is 6.08. The molecule has 0 atom stereocenters. The van der Waals surface area contributed by atoms with E-state index < -0.39 is 11.5 Å². The van der Waals surface area contributed by atoms with E-state index in [1.54, 1.807) is 48.5 Å². The zero-order valence-electron chi connectivity index (χ0n) is 25.4. The Labute approximate surface area is 266 Å². The summed E-state index contributed by atoms with van der Waals surface area (Å²) in [7, 11) is 7.25. The predicted molar refractivity (Wildman–Crippen MR) is 175 cm³/mol. The van der Waals surface area contributed by atoms with E-state index in [2.05, 4.69) is 0 Å². The number of methoxy groups -OCH3 is 5. The second kappa shape index (κ2) is 14.0. The molecule has 0 aliphatic heterocycles. The minimum Gasteiger partial charge on any atom is -0.493 e. The maximum Gasteiger partial charge on any atom is 0.355 e. The summed E-state index contributed by atoms with van der Waals surface area (Å²) in [5, 5.41) is 0.683. The van der Waals surface area contributed by atoms with Crippen molar-refractivity contribution < 1.29 is 33.2 Å². The minimum absolute atomic E-state index is 0. The number of benzene rings is 4. The molecule has 4 aromatic carbocycles. The molecule has 45 heavy (non-hydrogen) atoms. The number of pyridine rings is 1. The molecule has 0 unspecified atom stereocenters. The number of anilines is 1. The minimum atomic E-state index is -0.743. The number of hydrogen-bond acceptors (Lipinski definition) is 9. The molecule has 11 heteroatoms. The Morgan fingerprint density at radius 1 is 0.733 bits per heavy atom. The summed E-state index contributed by atoms with van der Waals surface area (Å²) in [5.74, 6) is 1.04. The van der Waals surface area contributed by atoms with Gasteiger partial charge in [0.25, 0.3) is 5.56 Å². The number of halogens is 1. The lowest BCUT2D eigenvalue weighted by atomic mass is 9.95. The molecule has 0 aliphatic rings. The van der Waals surface area contributed by atoms with Crippen molar-refractivity contribution in [3.8, 4) is 45.6 Å². The van der Waals surface area contributed by atoms with Gasteiger partial charge < -0.3 is 34.2 Å². The number of ether oxygens (including phenoxy) is 6. The number of hydrogen-bond donors (Lipinski definition) is 1. The summed E-state index contributed by atoms with van der Waals surface area (Å²) >= 11 is 0. The molecule has 0 aliphatic carbocycles. The van der Waals surface area contributed by atoms with Crippen molar-refractivity contribution in [2.45, 2.75) is 6.61 Å². The fourth-order valence-corrected chi connectivity index (χ4v) is 5.09. The van der Waals surface area contributed by atoms with E-state index in [4.69, 9.17) is 34.2 Å². The summed E-state index contributed by atoms with van der Waals surface area (Å²) < 4.78 is 35.2. The molecule has 1 heterocycles. The number of nitrogens with zero attached hydrogens (tertiary/aromatic N) is 1. The Kier molecular flexibility index (Phi) is 10.1. The Morgan fingerprint density at radius 3 is 1.89 bits per heavy atom. The van der Waals surface area contributed by atoms with Gasteiger partial charge in [0, 0.05) is 22.3 Å². The second-order valence-electron chi connectivity index (χ2n) is 9.68. The number of fused-ring (bicyclic) bond motifs is 1. The van der Waals surface area contributed by atoms with Crippen molar-refractivity contribution >= 4 is 34.8 Å². The summed E-state index contributed by atoms with van der Waals surface area (Å²) in [6.07, 6.45) is 0. The van der Waals surface area contributed by atoms with Gasteiger partial charge in [-0.15, -0.1) is 12.4 Å². The number of nitrogens with two attached hydrogens (primary N) is 1. The Balaban J connectivity index is 0.00000461. The van der Waals surface area contributed by atoms with Gasteiger partial charge in [-0.3, -0.25) is 9.36 Å². The molecule has 5 rings (SSSR count). The van der Waals surface area contributed by atoms with Crippen LogP contribution in [0.25, 0.3) is 27.6 Å². The van der Waals surface area contributed by atoms with Crippen LogP contribution in [0.4, 0.5) is 5.69 Å². The van der Waals surface area contributed by atoms with Crippen molar-refractivity contribution in [2.24, 2.45) is 0 Å². The Hall–Kier alpha value is -5.35. The van der Waals surface area contributed by atoms with Gasteiger partial charge in [-0.25, -0.2) is 4.79 Å². The third kappa shape index (κ3) is 6.18. The van der Waals surface area contributed by atoms with Gasteiger partial charge in [-0.05, 0) is 59.7 Å². The molecule has 0 saturated heterocycles. The van der Waals surface area contributed by atoms with Crippen LogP contribution in [0.1, 0.15) is 16.1 Å². The first-order valence-electron chi connectivity index (χ1n) is 13.6. The molecular formula is C34H33ClN2O8. The van der Waals surface area contributed by atoms with Gasteiger partial charge in [0.1, 0.15) is 12.3 Å². The normalized spacial score (nSPS) is 10.5. The van der Waals surface area contributed by atoms with Gasteiger partial charge >= 0.3 is 5.97 Å². The summed E-state index contributed by atoms with van der Waals surface area (Å²) in [4.78, 5) is 28.0. The highest BCUT2D eigenvalue weighted by Crippen LogP contribution is 2.45. The van der Waals surface area contributed by atoms with Crippen LogP contribution in [-0.4, -0.2) is 46.1 Å². The van der Waals surface area contributed by atoms with Crippen molar-refractivity contribution in [1.29, 1.82) is 0 Å². The maximum absolute atomic E-state index is 14.4. The molecule has 1 aromatic heterocycles. The lowest BCUT2D eigenvalue weighted by Gasteiger charge is -2.21. The maximum atomic E-state index is 14.4. The number of rotatable bonds is 10. The van der Waals surface area contributed by atoms with Crippen LogP contribution in [0, 0.1) is 0 Å². The third-order valence-electron chi connectivity index (χ3n) is 7.19. The van der Waals surface area contributed by atoms with Crippen molar-refractivity contribution in [3.63, 3.8) is 0 Å². The summed E-state index contributed by atoms with van der Waals surface area (Å²) in [6.45, 7) is 0.245. The van der Waals surface area contributed by atoms with Gasteiger partial charge in [0.05, 0.1) is 40.9 Å². The molecule has 234 valence electrons. The van der Waals surface area contributed by atoms with Crippen molar-refractivity contribution in [2.75, 3.05) is 41.3 Å². The molecule has 0 radical (unpaired) electrons. The standard InChI is InChI=1S/C34H32N2O8.ClH/c1-39-26-17-24-25(18-27(26)44-19-20-9-7-6-8-10-20)33(37)36(23-13-11-22(35)12-14-23)31(34(38)43-5)30(24)21-15-28(40-2)32(42-4)29(16-21)41-3;/h6-18H,19,35H2,1-5H3;1H. The molecule has 0 amide bonds. The van der Waals surface area contributed by atoms with E-state index in [0.29, 0.717) is 56.6 Å². The van der Waals surface area contributed by atoms with Crippen LogP contribution < -0.4 is 35.0 Å². The monoisotopic (exact) mass is 632 g/mol. The first-order valence-corrected chi connectivity index (χ1v) is 13.6. The number of carbonyl (C=O) groups is 1. The molecule has 5 aromatic rings. The van der Waals surface area contributed by atoms with Gasteiger partial charge in [-0.2, -0.15) is 0 Å². The van der Waals surface area contributed by atoms with Crippen LogP contribution in [0.2, 0.25) is 0 Å². The average molecular weight is 633 g/mol. The zero-order valence-corrected chi connectivity index (χ0v) is 26.2. The average Bonchev–Trinajstić information content (AvgIpc) is 3.06. The number of nitrogen functional groups attached to an aromatic ring is 1. The first kappa shape index (κ1) is 32.6. The van der Waals surface area contributed by atoms with Gasteiger partial charge in [0.2, 0.25) is 5.75 Å². The van der Waals surface area contributed by atoms with Gasteiger partial charge in [0.15, 0.2) is 23.0 Å². The van der Waals surface area contributed by atoms with Crippen LogP contribution in [-0.2, 0) is 11.3 Å². The quantitative estimate of drug-likeness (QED) is 0.145. The van der Waals surface area contributed by atoms with Crippen LogP contribution in [0.5, 0.6) is 28.7 Å². The molecular weight excluding hydrogens is 600 g/mol. The Morgan fingerprint density at radius 2 is 1.33 bits per heavy atom. The third-order valence-corrected chi connectivity index (χ3v) is 7.19. The predicted octanol–water partition coefficient (Wildman–Crippen LogP) is 6.06. The van der Waals surface area contributed by atoms with Crippen LogP contribution in [0.3, 0.4) is 0 Å². The second-order valence-corrected chi connectivity index (χ2v) is 9.68. The van der Waals surface area contributed by atoms with E-state index in [1.807, 2.05) is 30.3 Å². The smallest absolute Gasteiger partial charge is 0.355 e. The van der Waals surface area contributed by atoms with Crippen LogP contribution in [0.15, 0.2) is 83.7 Å². The van der Waals surface area contributed by atoms with Crippen molar-refractivity contribution in [1.82, 2.24) is 4.57 Å². The molecule has 2 N–H and O–H groups in total. The highest BCUT2D eigenvalue weighted by Gasteiger charge is 2.28. The number of esters is 1. The van der Waals surface area contributed by atoms with E-state index in [9.17, 15) is 9.59 Å². The van der Waals surface area contributed by atoms with Gasteiger partial charge in [-0.1, -0.05) is 30.3 Å². The molecule has 0 fully saturated rings. The summed E-state index contributed by atoms with van der Waals surface area (Å²) in [6, 6.07) is 22.9. The number of carbonyl (C=O) groups excluding carboxylic acids is 1. The summed E-state index contributed by atoms with van der Waals surface area (Å²) in [5.41, 5.74) is 8.15. The molecule has 0 spiro atoms. The number of aromatic nitrogens is 1. The molecule has 10 nitrogen and oxygen atoms in total. The largest absolute Gasteiger partial charge is 0.493 e. The lowest BCUT2D eigenvalue weighted by molar-refractivity contribution is 0.0591. The van der Waals surface area contributed by atoms with Crippen molar-refractivity contribution in [3.05, 3.63) is 100 Å². The van der Waals surface area contributed by atoms with Crippen LogP contribution >= 0.6 is 12.4 Å². The topological polar surface area (TPSA) is 120 Å². The molecule has 0 bridgehead atoms. The molecule has 0 saturated carbocycles. The Bertz CT molecular complexity index is 1860. The van der Waals surface area contributed by atoms with E-state index >= 15 is 0 Å². The fraction of sp³-hybridized carbons (Fsp3) is 0.176. The fourth-order valence-electron chi connectivity index (χ4n) is 5.09. The zero-order chi connectivity index (χ0) is 31.4.